The van der Waals surface area contributed by atoms with E-state index in [2.05, 4.69) is 50.5 Å². The van der Waals surface area contributed by atoms with Gasteiger partial charge >= 0.3 is 0 Å². The molecule has 0 aliphatic heterocycles. The van der Waals surface area contributed by atoms with Gasteiger partial charge in [-0.05, 0) is 48.5 Å². The van der Waals surface area contributed by atoms with Gasteiger partial charge in [0.1, 0.15) is 0 Å². The first-order valence-electron chi connectivity index (χ1n) is 9.28. The van der Waals surface area contributed by atoms with Gasteiger partial charge in [-0.25, -0.2) is 0 Å². The maximum Gasteiger partial charge on any atom is 0.0562 e. The van der Waals surface area contributed by atoms with Gasteiger partial charge in [-0.2, -0.15) is 0 Å². The maximum absolute atomic E-state index is 4.04. The highest BCUT2D eigenvalue weighted by Crippen LogP contribution is 2.13. The summed E-state index contributed by atoms with van der Waals surface area (Å²) in [6.07, 6.45) is 10.4. The van der Waals surface area contributed by atoms with Crippen molar-refractivity contribution in [2.24, 2.45) is 0 Å². The average Bonchev–Trinajstić information content (AvgIpc) is 2.82. The van der Waals surface area contributed by atoms with Crippen molar-refractivity contribution in [3.05, 3.63) is 125 Å². The fraction of sp³-hybridized carbons (Fsp3) is 0. The minimum absolute atomic E-state index is 0.803. The van der Waals surface area contributed by atoms with Crippen molar-refractivity contribution in [2.75, 3.05) is 0 Å². The summed E-state index contributed by atoms with van der Waals surface area (Å²) < 4.78 is 0. The molecule has 0 atom stereocenters. The summed E-state index contributed by atoms with van der Waals surface area (Å²) in [6, 6.07) is 17.1. The second-order valence-corrected chi connectivity index (χ2v) is 6.19. The number of hydrogen-bond donors (Lipinski definition) is 0. The molecule has 3 aromatic heterocycles. The Balaban J connectivity index is 1.79. The normalized spacial score (nSPS) is 9.20. The Labute approximate surface area is 175 Å². The molecule has 30 heavy (non-hydrogen) atoms. The topological polar surface area (TPSA) is 38.7 Å². The number of hydrogen-bond acceptors (Lipinski definition) is 3. The zero-order valence-electron chi connectivity index (χ0n) is 16.0. The molecular weight excluding hydrogens is 366 g/mol. The minimum Gasteiger partial charge on any atom is -0.265 e. The molecule has 3 nitrogen and oxygen atoms in total. The van der Waals surface area contributed by atoms with Crippen LogP contribution in [0.5, 0.6) is 0 Å². The van der Waals surface area contributed by atoms with Gasteiger partial charge in [-0.3, -0.25) is 15.0 Å². The number of nitrogens with zero attached hydrogens (tertiary/aromatic N) is 3. The van der Waals surface area contributed by atoms with Crippen LogP contribution in [0.4, 0.5) is 0 Å². The van der Waals surface area contributed by atoms with E-state index in [0.29, 0.717) is 0 Å². The van der Waals surface area contributed by atoms with Gasteiger partial charge in [0.05, 0.1) is 5.56 Å². The lowest BCUT2D eigenvalue weighted by Crippen LogP contribution is -1.90. The van der Waals surface area contributed by atoms with Crippen LogP contribution < -0.4 is 0 Å². The molecule has 0 bridgehead atoms. The molecule has 0 spiro atoms. The molecule has 1 aromatic carbocycles. The molecule has 0 saturated carbocycles. The molecule has 4 rings (SSSR count). The second kappa shape index (κ2) is 9.52. The van der Waals surface area contributed by atoms with Crippen molar-refractivity contribution in [3.63, 3.8) is 0 Å². The van der Waals surface area contributed by atoms with E-state index >= 15 is 0 Å². The Hall–Kier alpha value is -4.65. The molecule has 4 aromatic rings. The van der Waals surface area contributed by atoms with Gasteiger partial charge < -0.3 is 0 Å². The fourth-order valence-electron chi connectivity index (χ4n) is 2.61. The number of aromatic nitrogens is 3. The number of rotatable bonds is 0. The molecule has 0 N–H and O–H groups in total. The zero-order chi connectivity index (χ0) is 20.4. The van der Waals surface area contributed by atoms with Crippen LogP contribution in [0.15, 0.2) is 91.8 Å². The molecule has 0 fully saturated rings. The maximum atomic E-state index is 4.04. The van der Waals surface area contributed by atoms with Crippen LogP contribution in [0.25, 0.3) is 0 Å². The van der Waals surface area contributed by atoms with Crippen LogP contribution in [0.1, 0.15) is 33.4 Å². The van der Waals surface area contributed by atoms with E-state index in [9.17, 15) is 0 Å². The van der Waals surface area contributed by atoms with Crippen LogP contribution in [0, 0.1) is 35.5 Å². The number of benzene rings is 1. The molecule has 3 heteroatoms. The standard InChI is InChI=1S/C27H15N3/c1-2-25(7-4-22-10-16-28-17-11-22)27(9-6-24-14-20-30-21-15-24)26(3-1)8-5-23-12-18-29-19-13-23/h1-3,10-21H. The summed E-state index contributed by atoms with van der Waals surface area (Å²) in [6.45, 7) is 0. The molecule has 0 radical (unpaired) electrons. The smallest absolute Gasteiger partial charge is 0.0562 e. The average molecular weight is 381 g/mol. The summed E-state index contributed by atoms with van der Waals surface area (Å²) >= 11 is 0. The summed E-state index contributed by atoms with van der Waals surface area (Å²) in [4.78, 5) is 12.1. The first-order chi connectivity index (χ1) is 14.9. The monoisotopic (exact) mass is 381 g/mol. The van der Waals surface area contributed by atoms with Gasteiger partial charge in [-0.15, -0.1) is 0 Å². The van der Waals surface area contributed by atoms with Gasteiger partial charge in [0.15, 0.2) is 0 Å². The summed E-state index contributed by atoms with van der Waals surface area (Å²) in [5.74, 6) is 19.3. The number of pyridine rings is 3. The third-order valence-corrected chi connectivity index (χ3v) is 4.12. The van der Waals surface area contributed by atoms with Crippen molar-refractivity contribution in [3.8, 4) is 35.5 Å². The van der Waals surface area contributed by atoms with E-state index in [1.807, 2.05) is 54.6 Å². The highest BCUT2D eigenvalue weighted by Gasteiger charge is 2.03. The fourth-order valence-corrected chi connectivity index (χ4v) is 2.61. The van der Waals surface area contributed by atoms with Gasteiger partial charge in [0, 0.05) is 65.0 Å². The molecule has 0 aliphatic rings. The van der Waals surface area contributed by atoms with Crippen molar-refractivity contribution in [1.82, 2.24) is 15.0 Å². The Morgan fingerprint density at radius 1 is 0.400 bits per heavy atom. The van der Waals surface area contributed by atoms with E-state index in [4.69, 9.17) is 0 Å². The van der Waals surface area contributed by atoms with Crippen molar-refractivity contribution in [1.29, 1.82) is 0 Å². The lowest BCUT2D eigenvalue weighted by Gasteiger charge is -2.01. The Morgan fingerprint density at radius 2 is 0.767 bits per heavy atom. The largest absolute Gasteiger partial charge is 0.265 e. The summed E-state index contributed by atoms with van der Waals surface area (Å²) in [7, 11) is 0. The first-order valence-corrected chi connectivity index (χ1v) is 9.28. The highest BCUT2D eigenvalue weighted by molar-refractivity contribution is 5.62. The molecule has 0 unspecified atom stereocenters. The van der Waals surface area contributed by atoms with E-state index in [-0.39, 0.29) is 0 Å². The van der Waals surface area contributed by atoms with Gasteiger partial charge in [0.2, 0.25) is 0 Å². The molecule has 3 heterocycles. The predicted octanol–water partition coefficient (Wildman–Crippen LogP) is 4.07. The van der Waals surface area contributed by atoms with E-state index in [1.54, 1.807) is 37.2 Å². The Morgan fingerprint density at radius 3 is 1.17 bits per heavy atom. The molecule has 0 amide bonds. The SMILES string of the molecule is C(#Cc1cccc(C#Cc2ccncc2)c1C#Cc1ccncc1)c1ccncc1. The van der Waals surface area contributed by atoms with Crippen LogP contribution in [0.3, 0.4) is 0 Å². The van der Waals surface area contributed by atoms with Gasteiger partial charge in [-0.1, -0.05) is 41.6 Å². The predicted molar refractivity (Wildman–Crippen MR) is 117 cm³/mol. The van der Waals surface area contributed by atoms with Crippen LogP contribution in [-0.2, 0) is 0 Å². The molecule has 0 saturated heterocycles. The summed E-state index contributed by atoms with van der Waals surface area (Å²) in [5, 5.41) is 0. The van der Waals surface area contributed by atoms with Crippen molar-refractivity contribution < 1.29 is 0 Å². The summed E-state index contributed by atoms with van der Waals surface area (Å²) in [5.41, 5.74) is 5.13. The van der Waals surface area contributed by atoms with E-state index in [0.717, 1.165) is 33.4 Å². The van der Waals surface area contributed by atoms with Gasteiger partial charge in [0.25, 0.3) is 0 Å². The molecule has 0 aliphatic carbocycles. The Bertz CT molecular complexity index is 1250. The second-order valence-electron chi connectivity index (χ2n) is 6.19. The van der Waals surface area contributed by atoms with E-state index in [1.165, 1.54) is 0 Å². The molecule has 138 valence electrons. The van der Waals surface area contributed by atoms with Crippen LogP contribution >= 0.6 is 0 Å². The third kappa shape index (κ3) is 4.99. The Kier molecular flexibility index (Phi) is 5.93. The lowest BCUT2D eigenvalue weighted by atomic mass is 10.0. The third-order valence-electron chi connectivity index (χ3n) is 4.12. The lowest BCUT2D eigenvalue weighted by molar-refractivity contribution is 1.32. The van der Waals surface area contributed by atoms with Crippen LogP contribution in [-0.4, -0.2) is 15.0 Å². The van der Waals surface area contributed by atoms with E-state index < -0.39 is 0 Å². The highest BCUT2D eigenvalue weighted by atomic mass is 14.6. The quantitative estimate of drug-likeness (QED) is 0.431. The van der Waals surface area contributed by atoms with Crippen molar-refractivity contribution in [2.45, 2.75) is 0 Å². The first kappa shape index (κ1) is 18.7. The van der Waals surface area contributed by atoms with Crippen LogP contribution in [0.2, 0.25) is 0 Å². The minimum atomic E-state index is 0.803. The molecular formula is C27H15N3. The zero-order valence-corrected chi connectivity index (χ0v) is 16.0. The van der Waals surface area contributed by atoms with Crippen molar-refractivity contribution >= 4 is 0 Å².